The lowest BCUT2D eigenvalue weighted by Gasteiger charge is -2.16. The summed E-state index contributed by atoms with van der Waals surface area (Å²) < 4.78 is 49.6. The quantitative estimate of drug-likeness (QED) is 0.719. The van der Waals surface area contributed by atoms with Crippen LogP contribution in [0.15, 0.2) is 23.1 Å². The molecule has 0 aliphatic heterocycles. The molecule has 1 unspecified atom stereocenters. The van der Waals surface area contributed by atoms with E-state index in [2.05, 4.69) is 4.72 Å². The van der Waals surface area contributed by atoms with Gasteiger partial charge in [0.05, 0.1) is 24.2 Å². The third kappa shape index (κ3) is 4.50. The fourth-order valence-electron chi connectivity index (χ4n) is 1.59. The van der Waals surface area contributed by atoms with Gasteiger partial charge < -0.3 is 14.6 Å². The van der Waals surface area contributed by atoms with Crippen molar-refractivity contribution in [2.45, 2.75) is 17.6 Å². The summed E-state index contributed by atoms with van der Waals surface area (Å²) >= 11 is 0. The molecule has 20 heavy (non-hydrogen) atoms. The molecule has 2 N–H and O–H groups in total. The lowest BCUT2D eigenvalue weighted by atomic mass is 10.2. The van der Waals surface area contributed by atoms with Gasteiger partial charge in [0.25, 0.3) is 0 Å². The van der Waals surface area contributed by atoms with Gasteiger partial charge in [-0.15, -0.1) is 0 Å². The Bertz CT molecular complexity index is 535. The molecule has 114 valence electrons. The van der Waals surface area contributed by atoms with Crippen LogP contribution in [0.2, 0.25) is 0 Å². The first-order valence-electron chi connectivity index (χ1n) is 5.85. The van der Waals surface area contributed by atoms with Crippen LogP contribution < -0.4 is 4.72 Å². The summed E-state index contributed by atoms with van der Waals surface area (Å²) in [5.74, 6) is -0.692. The summed E-state index contributed by atoms with van der Waals surface area (Å²) in [6.07, 6.45) is -0.457. The average molecular weight is 307 g/mol. The molecule has 0 fully saturated rings. The van der Waals surface area contributed by atoms with Crippen molar-refractivity contribution < 1.29 is 27.4 Å². The molecule has 0 spiro atoms. The first kappa shape index (κ1) is 17.0. The first-order chi connectivity index (χ1) is 9.44. The van der Waals surface area contributed by atoms with Crippen molar-refractivity contribution >= 4 is 10.0 Å². The van der Waals surface area contributed by atoms with Crippen molar-refractivity contribution in [3.05, 3.63) is 29.6 Å². The zero-order valence-corrected chi connectivity index (χ0v) is 12.1. The minimum absolute atomic E-state index is 0.0198. The Kier molecular flexibility index (Phi) is 6.50. The molecule has 6 nitrogen and oxygen atoms in total. The van der Waals surface area contributed by atoms with Crippen molar-refractivity contribution in [3.63, 3.8) is 0 Å². The van der Waals surface area contributed by atoms with E-state index in [0.29, 0.717) is 0 Å². The van der Waals surface area contributed by atoms with E-state index < -0.39 is 28.6 Å². The van der Waals surface area contributed by atoms with E-state index in [-0.39, 0.29) is 23.6 Å². The molecule has 8 heteroatoms. The summed E-state index contributed by atoms with van der Waals surface area (Å²) in [6, 6.07) is 3.19. The third-order valence-electron chi connectivity index (χ3n) is 2.68. The van der Waals surface area contributed by atoms with Crippen LogP contribution >= 0.6 is 0 Å². The highest BCUT2D eigenvalue weighted by Gasteiger charge is 2.20. The molecule has 0 saturated carbocycles. The number of aliphatic hydroxyl groups is 1. The predicted molar refractivity (Wildman–Crippen MR) is 70.2 cm³/mol. The number of ether oxygens (including phenoxy) is 2. The Morgan fingerprint density at radius 2 is 2.10 bits per heavy atom. The summed E-state index contributed by atoms with van der Waals surface area (Å²) in [6.45, 7) is -0.300. The second-order valence-electron chi connectivity index (χ2n) is 4.08. The number of benzene rings is 1. The number of sulfonamides is 1. The van der Waals surface area contributed by atoms with Gasteiger partial charge in [-0.3, -0.25) is 0 Å². The number of hydrogen-bond donors (Lipinski definition) is 2. The van der Waals surface area contributed by atoms with Gasteiger partial charge in [0.15, 0.2) is 0 Å². The van der Waals surface area contributed by atoms with Gasteiger partial charge in [-0.2, -0.15) is 0 Å². The second-order valence-corrected chi connectivity index (χ2v) is 5.81. The monoisotopic (exact) mass is 307 g/mol. The van der Waals surface area contributed by atoms with Crippen LogP contribution in [0.3, 0.4) is 0 Å². The van der Waals surface area contributed by atoms with Gasteiger partial charge in [0.1, 0.15) is 5.82 Å². The number of nitrogens with one attached hydrogen (secondary N) is 1. The van der Waals surface area contributed by atoms with Crippen LogP contribution in [-0.4, -0.2) is 47.0 Å². The maximum Gasteiger partial charge on any atom is 0.241 e. The number of methoxy groups -OCH3 is 2. The Morgan fingerprint density at radius 1 is 1.40 bits per heavy atom. The van der Waals surface area contributed by atoms with Crippen molar-refractivity contribution in [1.82, 2.24) is 4.72 Å². The molecule has 1 rings (SSSR count). The van der Waals surface area contributed by atoms with Crippen molar-refractivity contribution in [3.8, 4) is 0 Å². The van der Waals surface area contributed by atoms with Gasteiger partial charge in [0, 0.05) is 20.8 Å². The highest BCUT2D eigenvalue weighted by atomic mass is 32.2. The third-order valence-corrected chi connectivity index (χ3v) is 4.18. The van der Waals surface area contributed by atoms with Crippen molar-refractivity contribution in [1.29, 1.82) is 0 Å². The summed E-state index contributed by atoms with van der Waals surface area (Å²) in [5.41, 5.74) is 0.125. The van der Waals surface area contributed by atoms with Gasteiger partial charge in [0.2, 0.25) is 10.0 Å². The lowest BCUT2D eigenvalue weighted by Crippen LogP contribution is -2.36. The molecular weight excluding hydrogens is 289 g/mol. The molecule has 1 aromatic carbocycles. The van der Waals surface area contributed by atoms with Crippen LogP contribution in [0, 0.1) is 5.82 Å². The van der Waals surface area contributed by atoms with Gasteiger partial charge in [-0.25, -0.2) is 17.5 Å². The molecule has 0 saturated heterocycles. The van der Waals surface area contributed by atoms with Crippen LogP contribution in [0.25, 0.3) is 0 Å². The fourth-order valence-corrected chi connectivity index (χ4v) is 2.89. The minimum atomic E-state index is -3.93. The average Bonchev–Trinajstić information content (AvgIpc) is 2.43. The SMILES string of the molecule is COCC(CNS(=O)(=O)c1cc(F)ccc1CO)OC. The molecule has 0 amide bonds. The Labute approximate surface area is 117 Å². The van der Waals surface area contributed by atoms with E-state index in [0.717, 1.165) is 12.1 Å². The van der Waals surface area contributed by atoms with Crippen LogP contribution in [-0.2, 0) is 26.1 Å². The number of aliphatic hydroxyl groups excluding tert-OH is 1. The Hall–Kier alpha value is -1.06. The van der Waals surface area contributed by atoms with Crippen molar-refractivity contribution in [2.75, 3.05) is 27.4 Å². The largest absolute Gasteiger partial charge is 0.392 e. The second kappa shape index (κ2) is 7.65. The summed E-state index contributed by atoms with van der Waals surface area (Å²) in [5, 5.41) is 9.12. The van der Waals surface area contributed by atoms with E-state index in [9.17, 15) is 12.8 Å². The fraction of sp³-hybridized carbons (Fsp3) is 0.500. The molecule has 0 radical (unpaired) electrons. The van der Waals surface area contributed by atoms with E-state index in [1.807, 2.05) is 0 Å². The Balaban J connectivity index is 2.91. The molecule has 0 aromatic heterocycles. The van der Waals surface area contributed by atoms with Gasteiger partial charge in [-0.1, -0.05) is 6.07 Å². The van der Waals surface area contributed by atoms with Crippen molar-refractivity contribution in [2.24, 2.45) is 0 Å². The van der Waals surface area contributed by atoms with Gasteiger partial charge >= 0.3 is 0 Å². The number of hydrogen-bond acceptors (Lipinski definition) is 5. The zero-order chi connectivity index (χ0) is 15.2. The standard InChI is InChI=1S/C12H18FNO5S/c1-18-8-11(19-2)6-14-20(16,17)12-5-10(13)4-3-9(12)7-15/h3-5,11,14-15H,6-8H2,1-2H3. The lowest BCUT2D eigenvalue weighted by molar-refractivity contribution is 0.0320. The molecular formula is C12H18FNO5S. The molecule has 1 atom stereocenters. The minimum Gasteiger partial charge on any atom is -0.392 e. The molecule has 0 heterocycles. The van der Waals surface area contributed by atoms with Crippen LogP contribution in [0.1, 0.15) is 5.56 Å². The smallest absolute Gasteiger partial charge is 0.241 e. The zero-order valence-electron chi connectivity index (χ0n) is 11.3. The van der Waals surface area contributed by atoms with E-state index in [4.69, 9.17) is 14.6 Å². The highest BCUT2D eigenvalue weighted by molar-refractivity contribution is 7.89. The summed E-state index contributed by atoms with van der Waals surface area (Å²) in [7, 11) is -1.04. The molecule has 0 aliphatic rings. The normalized spacial score (nSPS) is 13.4. The highest BCUT2D eigenvalue weighted by Crippen LogP contribution is 2.17. The maximum atomic E-state index is 13.2. The maximum absolute atomic E-state index is 13.2. The number of rotatable bonds is 8. The molecule has 0 aliphatic carbocycles. The van der Waals surface area contributed by atoms with E-state index >= 15 is 0 Å². The topological polar surface area (TPSA) is 84.9 Å². The summed E-state index contributed by atoms with van der Waals surface area (Å²) in [4.78, 5) is -0.285. The van der Waals surface area contributed by atoms with Crippen LogP contribution in [0.4, 0.5) is 4.39 Å². The van der Waals surface area contributed by atoms with E-state index in [1.165, 1.54) is 20.3 Å². The Morgan fingerprint density at radius 3 is 2.65 bits per heavy atom. The van der Waals surface area contributed by atoms with E-state index in [1.54, 1.807) is 0 Å². The predicted octanol–water partition coefficient (Wildman–Crippen LogP) is 0.258. The molecule has 0 bridgehead atoms. The number of halogens is 1. The van der Waals surface area contributed by atoms with Gasteiger partial charge in [-0.05, 0) is 17.7 Å². The van der Waals surface area contributed by atoms with Crippen LogP contribution in [0.5, 0.6) is 0 Å². The molecule has 1 aromatic rings. The first-order valence-corrected chi connectivity index (χ1v) is 7.33.